The second-order valence-electron chi connectivity index (χ2n) is 13.0. The van der Waals surface area contributed by atoms with Crippen LogP contribution in [0.1, 0.15) is 0 Å². The summed E-state index contributed by atoms with van der Waals surface area (Å²) in [4.78, 5) is 11.1. The minimum atomic E-state index is -2.16. The summed E-state index contributed by atoms with van der Waals surface area (Å²) in [5.41, 5.74) is 10.5. The molecule has 1 aliphatic rings. The van der Waals surface area contributed by atoms with Gasteiger partial charge in [-0.25, -0.2) is 9.97 Å². The number of nitrogens with zero attached hydrogens (tertiary/aromatic N) is 3. The molecule has 0 saturated carbocycles. The topological polar surface area (TPSA) is 43.9 Å². The summed E-state index contributed by atoms with van der Waals surface area (Å²) in [5, 5.41) is 7.14. The number of hydrogen-bond acceptors (Lipinski definition) is 3. The first-order valence-electron chi connectivity index (χ1n) is 16.1. The zero-order chi connectivity index (χ0) is 31.3. The van der Waals surface area contributed by atoms with Gasteiger partial charge in [0.05, 0.1) is 16.7 Å². The molecule has 10 rings (SSSR count). The van der Waals surface area contributed by atoms with E-state index in [1.165, 1.54) is 21.5 Å². The minimum absolute atomic E-state index is 0.752. The summed E-state index contributed by atoms with van der Waals surface area (Å²) < 4.78 is 8.96. The van der Waals surface area contributed by atoms with Gasteiger partial charge in [0.1, 0.15) is 19.2 Å². The van der Waals surface area contributed by atoms with Crippen LogP contribution in [0.25, 0.3) is 83.2 Å². The Bertz CT molecular complexity index is 2720. The Labute approximate surface area is 272 Å². The second kappa shape index (κ2) is 9.61. The zero-order valence-electron chi connectivity index (χ0n) is 26.0. The SMILES string of the molecule is C[Si]1(C)c2ccccc2-c2c(-c3cccc4c3oc3ccccc34)nc(-c3cccc4c3c3ccccc3n4-c3ccccc3)nc21. The van der Waals surface area contributed by atoms with Gasteiger partial charge in [-0.05, 0) is 47.1 Å². The molecule has 0 atom stereocenters. The standard InChI is InChI=1S/C42H29N3OSi/c1-47(2)36-25-11-8-18-30(36)38-39(32-21-12-19-28-27-16-7-10-24-35(27)46-40(28)32)43-41(44-42(38)47)31-20-13-23-34-37(31)29-17-6-9-22-33(29)45(34)26-14-4-3-5-15-26/h3-25H,1-2H3. The molecule has 0 N–H and O–H groups in total. The fourth-order valence-electron chi connectivity index (χ4n) is 7.85. The lowest BCUT2D eigenvalue weighted by Crippen LogP contribution is -2.50. The van der Waals surface area contributed by atoms with E-state index in [0.717, 1.165) is 72.3 Å². The quantitative estimate of drug-likeness (QED) is 0.185. The van der Waals surface area contributed by atoms with Gasteiger partial charge in [-0.15, -0.1) is 0 Å². The Balaban J connectivity index is 1.33. The van der Waals surface area contributed by atoms with Crippen LogP contribution in [0.4, 0.5) is 0 Å². The molecule has 0 aliphatic carbocycles. The number of benzene rings is 6. The van der Waals surface area contributed by atoms with Crippen molar-refractivity contribution in [1.82, 2.24) is 14.5 Å². The van der Waals surface area contributed by atoms with Gasteiger partial charge in [-0.3, -0.25) is 0 Å². The molecule has 0 fully saturated rings. The Morgan fingerprint density at radius 2 is 1.21 bits per heavy atom. The van der Waals surface area contributed by atoms with Crippen LogP contribution in [0, 0.1) is 0 Å². The molecule has 3 aromatic heterocycles. The van der Waals surface area contributed by atoms with Crippen LogP contribution in [0.5, 0.6) is 0 Å². The predicted octanol–water partition coefficient (Wildman–Crippen LogP) is 9.61. The van der Waals surface area contributed by atoms with Crippen molar-refractivity contribution < 1.29 is 4.42 Å². The van der Waals surface area contributed by atoms with Crippen LogP contribution < -0.4 is 10.5 Å². The molecule has 0 spiro atoms. The first-order valence-corrected chi connectivity index (χ1v) is 19.1. The van der Waals surface area contributed by atoms with Crippen LogP contribution in [0.3, 0.4) is 0 Å². The van der Waals surface area contributed by atoms with Gasteiger partial charge < -0.3 is 8.98 Å². The van der Waals surface area contributed by atoms with Crippen molar-refractivity contribution in [2.75, 3.05) is 0 Å². The van der Waals surface area contributed by atoms with E-state index in [9.17, 15) is 0 Å². The maximum Gasteiger partial charge on any atom is 0.160 e. The predicted molar refractivity (Wildman–Crippen MR) is 197 cm³/mol. The van der Waals surface area contributed by atoms with Crippen LogP contribution in [-0.4, -0.2) is 22.6 Å². The average Bonchev–Trinajstić information content (AvgIpc) is 3.74. The van der Waals surface area contributed by atoms with Gasteiger partial charge in [0.25, 0.3) is 0 Å². The van der Waals surface area contributed by atoms with E-state index in [1.54, 1.807) is 0 Å². The summed E-state index contributed by atoms with van der Waals surface area (Å²) in [6.07, 6.45) is 0. The highest BCUT2D eigenvalue weighted by Gasteiger charge is 2.42. The van der Waals surface area contributed by atoms with Crippen LogP contribution >= 0.6 is 0 Å². The van der Waals surface area contributed by atoms with Crippen molar-refractivity contribution in [3.05, 3.63) is 140 Å². The molecule has 0 radical (unpaired) electrons. The maximum atomic E-state index is 6.61. The summed E-state index contributed by atoms with van der Waals surface area (Å²) in [7, 11) is -2.16. The van der Waals surface area contributed by atoms with Gasteiger partial charge in [0, 0.05) is 49.2 Å². The number of fused-ring (bicyclic) bond motifs is 9. The zero-order valence-corrected chi connectivity index (χ0v) is 27.0. The van der Waals surface area contributed by atoms with Gasteiger partial charge in [0.2, 0.25) is 0 Å². The van der Waals surface area contributed by atoms with E-state index < -0.39 is 8.07 Å². The molecule has 0 bridgehead atoms. The number of aromatic nitrogens is 3. The van der Waals surface area contributed by atoms with E-state index in [4.69, 9.17) is 14.4 Å². The molecule has 0 saturated heterocycles. The Hall–Kier alpha value is -5.78. The van der Waals surface area contributed by atoms with E-state index in [0.29, 0.717) is 0 Å². The summed E-state index contributed by atoms with van der Waals surface area (Å²) in [5.74, 6) is 0.752. The number of para-hydroxylation sites is 4. The van der Waals surface area contributed by atoms with Crippen LogP contribution in [-0.2, 0) is 0 Å². The van der Waals surface area contributed by atoms with Crippen LogP contribution in [0.2, 0.25) is 13.1 Å². The minimum Gasteiger partial charge on any atom is -0.455 e. The normalized spacial score (nSPS) is 13.5. The van der Waals surface area contributed by atoms with Crippen molar-refractivity contribution in [3.8, 4) is 39.5 Å². The molecule has 222 valence electrons. The number of furan rings is 1. The van der Waals surface area contributed by atoms with Crippen molar-refractivity contribution in [1.29, 1.82) is 0 Å². The van der Waals surface area contributed by atoms with E-state index in [-0.39, 0.29) is 0 Å². The Kier molecular flexibility index (Phi) is 5.41. The molecule has 4 heterocycles. The third-order valence-electron chi connectivity index (χ3n) is 9.98. The van der Waals surface area contributed by atoms with E-state index >= 15 is 0 Å². The van der Waals surface area contributed by atoms with E-state index in [1.807, 2.05) is 12.1 Å². The van der Waals surface area contributed by atoms with Crippen LogP contribution in [0.15, 0.2) is 144 Å². The van der Waals surface area contributed by atoms with Crippen molar-refractivity contribution in [2.24, 2.45) is 0 Å². The molecular weight excluding hydrogens is 591 g/mol. The van der Waals surface area contributed by atoms with Gasteiger partial charge in [0.15, 0.2) is 5.82 Å². The lowest BCUT2D eigenvalue weighted by atomic mass is 9.98. The fraction of sp³-hybridized carbons (Fsp3) is 0.0476. The molecular formula is C42H29N3OSi. The third-order valence-corrected chi connectivity index (χ3v) is 13.3. The highest BCUT2D eigenvalue weighted by atomic mass is 28.3. The molecule has 6 aromatic carbocycles. The first-order chi connectivity index (χ1) is 23.1. The molecule has 4 nitrogen and oxygen atoms in total. The number of hydrogen-bond donors (Lipinski definition) is 0. The van der Waals surface area contributed by atoms with Gasteiger partial charge in [-0.2, -0.15) is 0 Å². The summed E-state index contributed by atoms with van der Waals surface area (Å²) >= 11 is 0. The molecule has 0 unspecified atom stereocenters. The smallest absolute Gasteiger partial charge is 0.160 e. The average molecular weight is 620 g/mol. The Morgan fingerprint density at radius 3 is 2.11 bits per heavy atom. The molecule has 47 heavy (non-hydrogen) atoms. The van der Waals surface area contributed by atoms with Gasteiger partial charge >= 0.3 is 0 Å². The second-order valence-corrected chi connectivity index (χ2v) is 17.2. The first kappa shape index (κ1) is 26.4. The summed E-state index contributed by atoms with van der Waals surface area (Å²) in [6.45, 7) is 4.84. The third kappa shape index (κ3) is 3.63. The molecule has 5 heteroatoms. The molecule has 0 amide bonds. The number of rotatable bonds is 3. The lowest BCUT2D eigenvalue weighted by Gasteiger charge is -2.19. The van der Waals surface area contributed by atoms with E-state index in [2.05, 4.69) is 145 Å². The monoisotopic (exact) mass is 619 g/mol. The largest absolute Gasteiger partial charge is 0.455 e. The highest BCUT2D eigenvalue weighted by molar-refractivity contribution is 7.03. The van der Waals surface area contributed by atoms with Crippen molar-refractivity contribution in [3.63, 3.8) is 0 Å². The Morgan fingerprint density at radius 1 is 0.553 bits per heavy atom. The molecule has 1 aliphatic heterocycles. The molecule has 9 aromatic rings. The van der Waals surface area contributed by atoms with Crippen molar-refractivity contribution >= 4 is 62.3 Å². The fourth-order valence-corrected chi connectivity index (χ4v) is 10.8. The summed E-state index contributed by atoms with van der Waals surface area (Å²) in [6, 6.07) is 49.4. The van der Waals surface area contributed by atoms with Gasteiger partial charge in [-0.1, -0.05) is 116 Å². The van der Waals surface area contributed by atoms with Crippen molar-refractivity contribution in [2.45, 2.75) is 13.1 Å². The lowest BCUT2D eigenvalue weighted by molar-refractivity contribution is 0.670. The highest BCUT2D eigenvalue weighted by Crippen LogP contribution is 2.43. The maximum absolute atomic E-state index is 6.61.